The lowest BCUT2D eigenvalue weighted by molar-refractivity contribution is -0.114. The van der Waals surface area contributed by atoms with E-state index in [-0.39, 0.29) is 27.3 Å². The number of rotatable bonds is 9. The highest BCUT2D eigenvalue weighted by atomic mass is 35.5. The van der Waals surface area contributed by atoms with Crippen molar-refractivity contribution in [2.75, 3.05) is 35.7 Å². The molecule has 0 unspecified atom stereocenters. The van der Waals surface area contributed by atoms with Gasteiger partial charge in [0.15, 0.2) is 9.84 Å². The zero-order valence-electron chi connectivity index (χ0n) is 17.1. The Bertz CT molecular complexity index is 1040. The highest BCUT2D eigenvalue weighted by Crippen LogP contribution is 2.34. The molecule has 0 aliphatic carbocycles. The van der Waals surface area contributed by atoms with Crippen molar-refractivity contribution in [2.45, 2.75) is 25.7 Å². The second kappa shape index (κ2) is 10.5. The highest BCUT2D eigenvalue weighted by Gasteiger charge is 2.15. The van der Waals surface area contributed by atoms with Crippen molar-refractivity contribution in [1.29, 1.82) is 0 Å². The van der Waals surface area contributed by atoms with Crippen molar-refractivity contribution in [2.24, 2.45) is 10.2 Å². The number of nitrogens with one attached hydrogen (secondary N) is 1. The summed E-state index contributed by atoms with van der Waals surface area (Å²) in [6.07, 6.45) is 0. The van der Waals surface area contributed by atoms with E-state index in [9.17, 15) is 13.2 Å². The lowest BCUT2D eigenvalue weighted by Crippen LogP contribution is -2.21. The molecule has 0 aliphatic rings. The van der Waals surface area contributed by atoms with Gasteiger partial charge in [-0.15, -0.1) is 10.2 Å². The van der Waals surface area contributed by atoms with Crippen molar-refractivity contribution >= 4 is 50.1 Å². The molecule has 8 nitrogen and oxygen atoms in total. The zero-order valence-corrected chi connectivity index (χ0v) is 18.7. The lowest BCUT2D eigenvalue weighted by atomic mass is 10.2. The van der Waals surface area contributed by atoms with E-state index in [0.29, 0.717) is 11.4 Å². The molecular formula is C20H25ClN4O4S. The van der Waals surface area contributed by atoms with Crippen LogP contribution < -0.4 is 10.2 Å². The predicted molar refractivity (Wildman–Crippen MR) is 119 cm³/mol. The van der Waals surface area contributed by atoms with Crippen molar-refractivity contribution in [3.8, 4) is 0 Å². The molecule has 2 N–H and O–H groups in total. The average molecular weight is 453 g/mol. The van der Waals surface area contributed by atoms with Crippen LogP contribution >= 0.6 is 11.6 Å². The molecule has 2 aromatic carbocycles. The Morgan fingerprint density at radius 3 is 2.30 bits per heavy atom. The van der Waals surface area contributed by atoms with Crippen molar-refractivity contribution in [1.82, 2.24) is 0 Å². The van der Waals surface area contributed by atoms with Crippen LogP contribution in [0.15, 0.2) is 51.5 Å². The minimum Gasteiger partial charge on any atom is -0.395 e. The number of halogens is 1. The first kappa shape index (κ1) is 23.8. The van der Waals surface area contributed by atoms with E-state index < -0.39 is 16.4 Å². The van der Waals surface area contributed by atoms with Gasteiger partial charge in [0, 0.05) is 25.7 Å². The Balaban J connectivity index is 2.37. The topological polar surface area (TPSA) is 111 Å². The van der Waals surface area contributed by atoms with Gasteiger partial charge < -0.3 is 15.3 Å². The number of anilines is 2. The number of azo groups is 1. The van der Waals surface area contributed by atoms with Gasteiger partial charge >= 0.3 is 0 Å². The Kier molecular flexibility index (Phi) is 8.33. The second-order valence-corrected chi connectivity index (χ2v) is 8.93. The molecule has 0 saturated carbocycles. The van der Waals surface area contributed by atoms with Gasteiger partial charge in [0.2, 0.25) is 5.91 Å². The van der Waals surface area contributed by atoms with Gasteiger partial charge in [0.25, 0.3) is 0 Å². The van der Waals surface area contributed by atoms with Gasteiger partial charge in [-0.25, -0.2) is 8.42 Å². The Morgan fingerprint density at radius 2 is 1.73 bits per heavy atom. The van der Waals surface area contributed by atoms with E-state index in [4.69, 9.17) is 16.7 Å². The van der Waals surface area contributed by atoms with E-state index in [0.717, 1.165) is 18.8 Å². The number of carbonyl (C=O) groups is 1. The Labute approximate surface area is 181 Å². The van der Waals surface area contributed by atoms with Crippen LogP contribution in [0.1, 0.15) is 20.8 Å². The molecule has 0 aromatic heterocycles. The molecule has 0 saturated heterocycles. The van der Waals surface area contributed by atoms with Gasteiger partial charge in [0.1, 0.15) is 11.4 Å². The molecule has 0 bridgehead atoms. The van der Waals surface area contributed by atoms with Gasteiger partial charge in [-0.05, 0) is 50.2 Å². The largest absolute Gasteiger partial charge is 0.395 e. The summed E-state index contributed by atoms with van der Waals surface area (Å²) in [4.78, 5) is 13.7. The number of amides is 1. The molecule has 162 valence electrons. The lowest BCUT2D eigenvalue weighted by Gasteiger charge is -2.22. The third-order valence-corrected chi connectivity index (χ3v) is 6.32. The minimum atomic E-state index is -3.61. The fourth-order valence-electron chi connectivity index (χ4n) is 2.79. The number of benzene rings is 2. The van der Waals surface area contributed by atoms with Crippen LogP contribution in [0, 0.1) is 0 Å². The van der Waals surface area contributed by atoms with Crippen molar-refractivity contribution in [3.05, 3.63) is 41.4 Å². The van der Waals surface area contributed by atoms with Crippen LogP contribution in [-0.4, -0.2) is 44.9 Å². The third-order valence-electron chi connectivity index (χ3n) is 4.32. The minimum absolute atomic E-state index is 0.00279. The van der Waals surface area contributed by atoms with Gasteiger partial charge in [0.05, 0.1) is 28.0 Å². The maximum absolute atomic E-state index is 12.0. The molecule has 0 spiro atoms. The van der Waals surface area contributed by atoms with Crippen molar-refractivity contribution < 1.29 is 18.3 Å². The van der Waals surface area contributed by atoms with Crippen LogP contribution in [0.2, 0.25) is 5.02 Å². The highest BCUT2D eigenvalue weighted by molar-refractivity contribution is 7.91. The molecule has 2 aromatic rings. The Hall–Kier alpha value is -2.49. The number of hydrogen-bond donors (Lipinski definition) is 2. The summed E-state index contributed by atoms with van der Waals surface area (Å²) < 4.78 is 24.1. The molecule has 1 amide bonds. The molecule has 0 atom stereocenters. The summed E-state index contributed by atoms with van der Waals surface area (Å²) >= 11 is 6.17. The number of nitrogens with zero attached hydrogens (tertiary/aromatic N) is 3. The van der Waals surface area contributed by atoms with Crippen LogP contribution in [0.3, 0.4) is 0 Å². The monoisotopic (exact) mass is 452 g/mol. The van der Waals surface area contributed by atoms with Gasteiger partial charge in [-0.1, -0.05) is 11.6 Å². The molecule has 0 radical (unpaired) electrons. The smallest absolute Gasteiger partial charge is 0.221 e. The van der Waals surface area contributed by atoms with E-state index in [1.807, 2.05) is 26.0 Å². The first-order valence-electron chi connectivity index (χ1n) is 9.43. The van der Waals surface area contributed by atoms with E-state index in [1.165, 1.54) is 25.1 Å². The molecule has 0 fully saturated rings. The Morgan fingerprint density at radius 1 is 1.10 bits per heavy atom. The number of carbonyl (C=O) groups excluding carboxylic acids is 1. The maximum atomic E-state index is 12.0. The fourth-order valence-corrected chi connectivity index (χ4v) is 4.13. The fraction of sp³-hybridized carbons (Fsp3) is 0.350. The molecular weight excluding hydrogens is 428 g/mol. The summed E-state index contributed by atoms with van der Waals surface area (Å²) in [5, 5.41) is 20.1. The number of sulfone groups is 1. The number of aliphatic hydroxyl groups excluding tert-OH is 1. The predicted octanol–water partition coefficient (Wildman–Crippen LogP) is 4.33. The zero-order chi connectivity index (χ0) is 22.3. The summed E-state index contributed by atoms with van der Waals surface area (Å²) in [5.41, 5.74) is 2.17. The summed E-state index contributed by atoms with van der Waals surface area (Å²) in [6.45, 7) is 6.66. The van der Waals surface area contributed by atoms with Crippen LogP contribution in [-0.2, 0) is 14.6 Å². The van der Waals surface area contributed by atoms with Gasteiger partial charge in [-0.2, -0.15) is 0 Å². The molecule has 0 heterocycles. The molecule has 0 aliphatic heterocycles. The standard InChI is InChI=1S/C20H25ClN4O4S/c1-4-25(5-2)15-6-8-19(20(12-15)22-14(3)27)24-23-18-9-7-16(13-17(18)21)30(28,29)11-10-26/h6-9,12-13,26H,4-5,10-11H2,1-3H3,(H,22,27). The quantitative estimate of drug-likeness (QED) is 0.550. The number of aliphatic hydroxyl groups is 1. The normalized spacial score (nSPS) is 11.6. The van der Waals surface area contributed by atoms with E-state index in [1.54, 1.807) is 6.07 Å². The average Bonchev–Trinajstić information content (AvgIpc) is 2.68. The van der Waals surface area contributed by atoms with Crippen LogP contribution in [0.5, 0.6) is 0 Å². The molecule has 10 heteroatoms. The van der Waals surface area contributed by atoms with E-state index in [2.05, 4.69) is 20.4 Å². The maximum Gasteiger partial charge on any atom is 0.221 e. The summed E-state index contributed by atoms with van der Waals surface area (Å²) in [6, 6.07) is 9.55. The van der Waals surface area contributed by atoms with Crippen LogP contribution in [0.4, 0.5) is 22.7 Å². The summed E-state index contributed by atoms with van der Waals surface area (Å²) in [5.74, 6) is -0.622. The third kappa shape index (κ3) is 6.01. The second-order valence-electron chi connectivity index (χ2n) is 6.41. The first-order valence-corrected chi connectivity index (χ1v) is 11.5. The van der Waals surface area contributed by atoms with Crippen molar-refractivity contribution in [3.63, 3.8) is 0 Å². The summed E-state index contributed by atoms with van der Waals surface area (Å²) in [7, 11) is -3.61. The first-order chi connectivity index (χ1) is 14.2. The van der Waals surface area contributed by atoms with E-state index >= 15 is 0 Å². The molecule has 2 rings (SSSR count). The van der Waals surface area contributed by atoms with Crippen LogP contribution in [0.25, 0.3) is 0 Å². The van der Waals surface area contributed by atoms with Gasteiger partial charge in [-0.3, -0.25) is 4.79 Å². The number of hydrogen-bond acceptors (Lipinski definition) is 7. The molecule has 30 heavy (non-hydrogen) atoms. The SMILES string of the molecule is CCN(CC)c1ccc(N=Nc2ccc(S(=O)(=O)CCO)cc2Cl)c(NC(C)=O)c1.